The Morgan fingerprint density at radius 3 is 1.14 bits per heavy atom. The molecular formula is C46H30N4. The van der Waals surface area contributed by atoms with Crippen molar-refractivity contribution in [1.82, 2.24) is 19.9 Å². The van der Waals surface area contributed by atoms with Crippen molar-refractivity contribution in [2.45, 2.75) is 0 Å². The van der Waals surface area contributed by atoms with E-state index in [0.29, 0.717) is 17.5 Å². The normalized spacial score (nSPS) is 11.2. The smallest absolute Gasteiger partial charge is 0.164 e. The molecule has 50 heavy (non-hydrogen) atoms. The number of benzene rings is 7. The lowest BCUT2D eigenvalue weighted by Gasteiger charge is -2.16. The van der Waals surface area contributed by atoms with Crippen LogP contribution in [0, 0.1) is 0 Å². The molecule has 0 spiro atoms. The molecule has 0 unspecified atom stereocenters. The van der Waals surface area contributed by atoms with Gasteiger partial charge in [-0.25, -0.2) is 19.9 Å². The first kappa shape index (κ1) is 29.4. The van der Waals surface area contributed by atoms with Gasteiger partial charge < -0.3 is 0 Å². The van der Waals surface area contributed by atoms with Crippen molar-refractivity contribution in [2.75, 3.05) is 0 Å². The van der Waals surface area contributed by atoms with Crippen LogP contribution >= 0.6 is 0 Å². The topological polar surface area (TPSA) is 51.6 Å². The van der Waals surface area contributed by atoms with Crippen LogP contribution in [0.5, 0.6) is 0 Å². The standard InChI is InChI=1S/C46H30N4/c1-5-15-31(16-6-1)39-29-41-40(32-17-7-2-8-18-32)30-42(47-43(41)38-24-14-13-23-37(38)39)33-25-27-36(28-26-33)46-49-44(34-19-9-3-10-20-34)48-45(50-46)35-21-11-4-12-22-35/h1-30H. The minimum atomic E-state index is 0.625. The van der Waals surface area contributed by atoms with Gasteiger partial charge in [-0.3, -0.25) is 0 Å². The third kappa shape index (κ3) is 5.49. The molecule has 0 radical (unpaired) electrons. The summed E-state index contributed by atoms with van der Waals surface area (Å²) in [6, 6.07) is 62.8. The van der Waals surface area contributed by atoms with Crippen LogP contribution in [0.2, 0.25) is 0 Å². The maximum Gasteiger partial charge on any atom is 0.164 e. The number of hydrogen-bond acceptors (Lipinski definition) is 4. The summed E-state index contributed by atoms with van der Waals surface area (Å²) >= 11 is 0. The predicted molar refractivity (Wildman–Crippen MR) is 205 cm³/mol. The van der Waals surface area contributed by atoms with Crippen molar-refractivity contribution in [2.24, 2.45) is 0 Å². The van der Waals surface area contributed by atoms with Crippen molar-refractivity contribution in [3.05, 3.63) is 182 Å². The second kappa shape index (κ2) is 12.7. The monoisotopic (exact) mass is 638 g/mol. The van der Waals surface area contributed by atoms with Crippen molar-refractivity contribution < 1.29 is 0 Å². The summed E-state index contributed by atoms with van der Waals surface area (Å²) in [6.07, 6.45) is 0. The lowest BCUT2D eigenvalue weighted by molar-refractivity contribution is 1.07. The fraction of sp³-hybridized carbons (Fsp3) is 0. The summed E-state index contributed by atoms with van der Waals surface area (Å²) in [7, 11) is 0. The van der Waals surface area contributed by atoms with Gasteiger partial charge in [-0.15, -0.1) is 0 Å². The van der Waals surface area contributed by atoms with Crippen LogP contribution in [0.15, 0.2) is 182 Å². The van der Waals surface area contributed by atoms with Gasteiger partial charge in [0.05, 0.1) is 11.2 Å². The summed E-state index contributed by atoms with van der Waals surface area (Å²) < 4.78 is 0. The molecule has 2 aromatic heterocycles. The lowest BCUT2D eigenvalue weighted by Crippen LogP contribution is -2.00. The number of rotatable bonds is 6. The molecule has 0 aliphatic carbocycles. The van der Waals surface area contributed by atoms with E-state index in [1.807, 2.05) is 60.7 Å². The summed E-state index contributed by atoms with van der Waals surface area (Å²) in [4.78, 5) is 20.1. The highest BCUT2D eigenvalue weighted by Crippen LogP contribution is 2.40. The van der Waals surface area contributed by atoms with Gasteiger partial charge in [0, 0.05) is 33.0 Å². The summed E-state index contributed by atoms with van der Waals surface area (Å²) in [6.45, 7) is 0. The van der Waals surface area contributed by atoms with Gasteiger partial charge in [0.2, 0.25) is 0 Å². The van der Waals surface area contributed by atoms with Crippen LogP contribution in [0.25, 0.3) is 89.4 Å². The highest BCUT2D eigenvalue weighted by molar-refractivity contribution is 6.16. The Morgan fingerprint density at radius 2 is 0.640 bits per heavy atom. The zero-order valence-electron chi connectivity index (χ0n) is 27.1. The Hall–Kier alpha value is -6.78. The molecule has 0 aliphatic rings. The zero-order chi connectivity index (χ0) is 33.3. The third-order valence-electron chi connectivity index (χ3n) is 9.13. The van der Waals surface area contributed by atoms with E-state index in [9.17, 15) is 0 Å². The van der Waals surface area contributed by atoms with Gasteiger partial charge in [0.15, 0.2) is 17.5 Å². The first-order chi connectivity index (χ1) is 24.8. The van der Waals surface area contributed by atoms with E-state index in [2.05, 4.69) is 121 Å². The average molecular weight is 639 g/mol. The van der Waals surface area contributed by atoms with E-state index in [0.717, 1.165) is 55.4 Å². The van der Waals surface area contributed by atoms with E-state index in [1.165, 1.54) is 16.5 Å². The highest BCUT2D eigenvalue weighted by Gasteiger charge is 2.17. The first-order valence-electron chi connectivity index (χ1n) is 16.7. The molecule has 0 bridgehead atoms. The molecule has 9 rings (SSSR count). The maximum absolute atomic E-state index is 5.36. The minimum Gasteiger partial charge on any atom is -0.247 e. The molecule has 0 saturated carbocycles. The summed E-state index contributed by atoms with van der Waals surface area (Å²) in [5.41, 5.74) is 10.4. The fourth-order valence-electron chi connectivity index (χ4n) is 6.64. The van der Waals surface area contributed by atoms with Crippen molar-refractivity contribution >= 4 is 21.7 Å². The van der Waals surface area contributed by atoms with Gasteiger partial charge in [-0.2, -0.15) is 0 Å². The second-order valence-electron chi connectivity index (χ2n) is 12.3. The number of fused-ring (bicyclic) bond motifs is 3. The molecule has 0 saturated heterocycles. The Kier molecular flexibility index (Phi) is 7.45. The predicted octanol–water partition coefficient (Wildman–Crippen LogP) is 11.6. The number of aromatic nitrogens is 4. The molecule has 0 aliphatic heterocycles. The quantitative estimate of drug-likeness (QED) is 0.170. The van der Waals surface area contributed by atoms with Crippen molar-refractivity contribution in [3.63, 3.8) is 0 Å². The highest BCUT2D eigenvalue weighted by atomic mass is 15.0. The zero-order valence-corrected chi connectivity index (χ0v) is 27.1. The Bertz CT molecular complexity index is 2550. The van der Waals surface area contributed by atoms with Crippen molar-refractivity contribution in [1.29, 1.82) is 0 Å². The average Bonchev–Trinajstić information content (AvgIpc) is 3.21. The van der Waals surface area contributed by atoms with Gasteiger partial charge >= 0.3 is 0 Å². The van der Waals surface area contributed by atoms with E-state index < -0.39 is 0 Å². The largest absolute Gasteiger partial charge is 0.247 e. The maximum atomic E-state index is 5.36. The first-order valence-corrected chi connectivity index (χ1v) is 16.7. The molecule has 7 aromatic carbocycles. The number of hydrogen-bond donors (Lipinski definition) is 0. The fourth-order valence-corrected chi connectivity index (χ4v) is 6.64. The lowest BCUT2D eigenvalue weighted by atomic mass is 9.91. The van der Waals surface area contributed by atoms with Crippen LogP contribution in [0.1, 0.15) is 0 Å². The molecule has 0 amide bonds. The summed E-state index contributed by atoms with van der Waals surface area (Å²) in [5.74, 6) is 1.91. The van der Waals surface area contributed by atoms with Crippen LogP contribution in [-0.4, -0.2) is 19.9 Å². The van der Waals surface area contributed by atoms with E-state index in [1.54, 1.807) is 0 Å². The van der Waals surface area contributed by atoms with Crippen LogP contribution in [0.4, 0.5) is 0 Å². The third-order valence-corrected chi connectivity index (χ3v) is 9.13. The van der Waals surface area contributed by atoms with Crippen LogP contribution < -0.4 is 0 Å². The molecule has 4 nitrogen and oxygen atoms in total. The number of pyridine rings is 1. The van der Waals surface area contributed by atoms with Gasteiger partial charge in [0.25, 0.3) is 0 Å². The van der Waals surface area contributed by atoms with Crippen molar-refractivity contribution in [3.8, 4) is 67.7 Å². The van der Waals surface area contributed by atoms with Crippen LogP contribution in [-0.2, 0) is 0 Å². The Balaban J connectivity index is 1.20. The summed E-state index contributed by atoms with van der Waals surface area (Å²) in [5, 5.41) is 3.44. The molecule has 0 N–H and O–H groups in total. The Labute approximate surface area is 290 Å². The molecular weight excluding hydrogens is 609 g/mol. The van der Waals surface area contributed by atoms with Gasteiger partial charge in [-0.05, 0) is 39.8 Å². The molecule has 0 atom stereocenters. The Morgan fingerprint density at radius 1 is 0.260 bits per heavy atom. The molecule has 4 heteroatoms. The molecule has 2 heterocycles. The SMILES string of the molecule is c1ccc(-c2nc(-c3ccccc3)nc(-c3ccc(-c4cc(-c5ccccc5)c5cc(-c6ccccc6)c6ccccc6c5n4)cc3)n2)cc1. The van der Waals surface area contributed by atoms with E-state index in [-0.39, 0.29) is 0 Å². The molecule has 0 fully saturated rings. The van der Waals surface area contributed by atoms with Crippen LogP contribution in [0.3, 0.4) is 0 Å². The minimum absolute atomic E-state index is 0.625. The van der Waals surface area contributed by atoms with Gasteiger partial charge in [-0.1, -0.05) is 170 Å². The van der Waals surface area contributed by atoms with E-state index >= 15 is 0 Å². The number of nitrogens with zero attached hydrogens (tertiary/aromatic N) is 4. The van der Waals surface area contributed by atoms with Gasteiger partial charge in [0.1, 0.15) is 0 Å². The molecule has 234 valence electrons. The molecule has 9 aromatic rings. The second-order valence-corrected chi connectivity index (χ2v) is 12.3. The van der Waals surface area contributed by atoms with E-state index in [4.69, 9.17) is 19.9 Å².